The summed E-state index contributed by atoms with van der Waals surface area (Å²) < 4.78 is 5.30. The Labute approximate surface area is 134 Å². The summed E-state index contributed by atoms with van der Waals surface area (Å²) >= 11 is 0. The average Bonchev–Trinajstić information content (AvgIpc) is 2.59. The van der Waals surface area contributed by atoms with Crippen molar-refractivity contribution >= 4 is 22.4 Å². The number of carboxylic acids is 1. The molecule has 0 bridgehead atoms. The zero-order chi connectivity index (χ0) is 16.2. The molecule has 0 radical (unpaired) electrons. The summed E-state index contributed by atoms with van der Waals surface area (Å²) in [6.45, 7) is 0.584. The van der Waals surface area contributed by atoms with Crippen molar-refractivity contribution in [3.63, 3.8) is 0 Å². The molecule has 0 heterocycles. The number of fused-ring (bicyclic) bond motifs is 1. The molecule has 0 aliphatic heterocycles. The number of rotatable bonds is 5. The van der Waals surface area contributed by atoms with E-state index in [0.29, 0.717) is 18.0 Å². The number of nitrogens with one attached hydrogen (secondary N) is 1. The quantitative estimate of drug-likeness (QED) is 0.743. The van der Waals surface area contributed by atoms with Gasteiger partial charge in [-0.25, -0.2) is 4.79 Å². The second kappa shape index (κ2) is 6.40. The van der Waals surface area contributed by atoms with Gasteiger partial charge in [0.05, 0.1) is 18.4 Å². The van der Waals surface area contributed by atoms with Crippen molar-refractivity contribution in [3.05, 3.63) is 71.8 Å². The number of anilines is 1. The summed E-state index contributed by atoms with van der Waals surface area (Å²) in [6.07, 6.45) is 0. The number of ether oxygens (including phenoxy) is 1. The molecule has 0 fully saturated rings. The Kier molecular flexibility index (Phi) is 4.15. The molecule has 23 heavy (non-hydrogen) atoms. The molecule has 0 unspecified atom stereocenters. The first kappa shape index (κ1) is 14.9. The van der Waals surface area contributed by atoms with E-state index < -0.39 is 5.97 Å². The largest absolute Gasteiger partial charge is 0.495 e. The Morgan fingerprint density at radius 3 is 2.65 bits per heavy atom. The fraction of sp³-hybridized carbons (Fsp3) is 0.105. The van der Waals surface area contributed by atoms with Crippen molar-refractivity contribution < 1.29 is 14.6 Å². The van der Waals surface area contributed by atoms with Gasteiger partial charge in [-0.1, -0.05) is 42.5 Å². The second-order valence-corrected chi connectivity index (χ2v) is 5.21. The van der Waals surface area contributed by atoms with Crippen LogP contribution in [0.15, 0.2) is 60.7 Å². The van der Waals surface area contributed by atoms with Gasteiger partial charge in [-0.05, 0) is 34.5 Å². The molecular formula is C19H17NO3. The van der Waals surface area contributed by atoms with Gasteiger partial charge in [0, 0.05) is 6.54 Å². The topological polar surface area (TPSA) is 58.6 Å². The van der Waals surface area contributed by atoms with Gasteiger partial charge in [-0.2, -0.15) is 0 Å². The number of aromatic carboxylic acids is 1. The summed E-state index contributed by atoms with van der Waals surface area (Å²) in [5, 5.41) is 14.8. The minimum absolute atomic E-state index is 0.228. The highest BCUT2D eigenvalue weighted by molar-refractivity contribution is 5.90. The van der Waals surface area contributed by atoms with E-state index in [1.54, 1.807) is 19.2 Å². The lowest BCUT2D eigenvalue weighted by atomic mass is 10.0. The Morgan fingerprint density at radius 2 is 1.87 bits per heavy atom. The predicted molar refractivity (Wildman–Crippen MR) is 91.2 cm³/mol. The Morgan fingerprint density at radius 1 is 1.09 bits per heavy atom. The standard InChI is InChI=1S/C19H17NO3/c1-23-18-10-9-14(19(21)22)11-17(18)20-12-15-7-4-6-13-5-2-3-8-16(13)15/h2-11,20H,12H2,1H3,(H,21,22). The zero-order valence-corrected chi connectivity index (χ0v) is 12.7. The highest BCUT2D eigenvalue weighted by Crippen LogP contribution is 2.27. The van der Waals surface area contributed by atoms with Crippen LogP contribution in [0.3, 0.4) is 0 Å². The number of benzene rings is 3. The van der Waals surface area contributed by atoms with Gasteiger partial charge in [0.2, 0.25) is 0 Å². The molecule has 3 aromatic rings. The maximum absolute atomic E-state index is 11.1. The van der Waals surface area contributed by atoms with Crippen LogP contribution >= 0.6 is 0 Å². The summed E-state index contributed by atoms with van der Waals surface area (Å²) in [6, 6.07) is 19.1. The minimum atomic E-state index is -0.958. The smallest absolute Gasteiger partial charge is 0.335 e. The first-order valence-corrected chi connectivity index (χ1v) is 7.31. The van der Waals surface area contributed by atoms with Gasteiger partial charge in [-0.3, -0.25) is 0 Å². The van der Waals surface area contributed by atoms with E-state index >= 15 is 0 Å². The van der Waals surface area contributed by atoms with Crippen LogP contribution in [0.1, 0.15) is 15.9 Å². The van der Waals surface area contributed by atoms with Crippen molar-refractivity contribution in [2.45, 2.75) is 6.54 Å². The molecular weight excluding hydrogens is 290 g/mol. The van der Waals surface area contributed by atoms with Crippen LogP contribution in [-0.4, -0.2) is 18.2 Å². The molecule has 0 saturated carbocycles. The number of hydrogen-bond donors (Lipinski definition) is 2. The monoisotopic (exact) mass is 307 g/mol. The molecule has 2 N–H and O–H groups in total. The maximum atomic E-state index is 11.1. The summed E-state index contributed by atoms with van der Waals surface area (Å²) in [4.78, 5) is 11.1. The molecule has 0 aromatic heterocycles. The minimum Gasteiger partial charge on any atom is -0.495 e. The molecule has 0 aliphatic rings. The Hall–Kier alpha value is -3.01. The van der Waals surface area contributed by atoms with Crippen LogP contribution in [0.5, 0.6) is 5.75 Å². The number of methoxy groups -OCH3 is 1. The normalized spacial score (nSPS) is 10.5. The van der Waals surface area contributed by atoms with E-state index in [4.69, 9.17) is 9.84 Å². The Balaban J connectivity index is 1.90. The van der Waals surface area contributed by atoms with Crippen molar-refractivity contribution in [1.82, 2.24) is 0 Å². The first-order valence-electron chi connectivity index (χ1n) is 7.31. The summed E-state index contributed by atoms with van der Waals surface area (Å²) in [5.41, 5.74) is 2.04. The van der Waals surface area contributed by atoms with Crippen LogP contribution in [-0.2, 0) is 6.54 Å². The fourth-order valence-electron chi connectivity index (χ4n) is 2.62. The van der Waals surface area contributed by atoms with Crippen LogP contribution in [0.2, 0.25) is 0 Å². The van der Waals surface area contributed by atoms with E-state index in [-0.39, 0.29) is 5.56 Å². The van der Waals surface area contributed by atoms with Crippen molar-refractivity contribution in [2.24, 2.45) is 0 Å². The van der Waals surface area contributed by atoms with Crippen LogP contribution in [0.4, 0.5) is 5.69 Å². The van der Waals surface area contributed by atoms with Crippen LogP contribution in [0.25, 0.3) is 10.8 Å². The fourth-order valence-corrected chi connectivity index (χ4v) is 2.62. The molecule has 116 valence electrons. The lowest BCUT2D eigenvalue weighted by Crippen LogP contribution is -2.04. The highest BCUT2D eigenvalue weighted by atomic mass is 16.5. The molecule has 0 amide bonds. The zero-order valence-electron chi connectivity index (χ0n) is 12.7. The first-order chi connectivity index (χ1) is 11.2. The molecule has 3 rings (SSSR count). The van der Waals surface area contributed by atoms with Gasteiger partial charge in [0.1, 0.15) is 5.75 Å². The van der Waals surface area contributed by atoms with E-state index in [0.717, 1.165) is 5.56 Å². The van der Waals surface area contributed by atoms with Crippen molar-refractivity contribution in [2.75, 3.05) is 12.4 Å². The summed E-state index contributed by atoms with van der Waals surface area (Å²) in [5.74, 6) is -0.337. The molecule has 0 aliphatic carbocycles. The van der Waals surface area contributed by atoms with Crippen molar-refractivity contribution in [1.29, 1.82) is 0 Å². The Bertz CT molecular complexity index is 853. The van der Waals surface area contributed by atoms with Crippen LogP contribution < -0.4 is 10.1 Å². The van der Waals surface area contributed by atoms with Gasteiger partial charge >= 0.3 is 5.97 Å². The molecule has 4 nitrogen and oxygen atoms in total. The van der Waals surface area contributed by atoms with Gasteiger partial charge in [0.15, 0.2) is 0 Å². The molecule has 0 saturated heterocycles. The SMILES string of the molecule is COc1ccc(C(=O)O)cc1NCc1cccc2ccccc12. The molecule has 0 spiro atoms. The third kappa shape index (κ3) is 3.11. The van der Waals surface area contributed by atoms with Gasteiger partial charge in [0.25, 0.3) is 0 Å². The third-order valence-electron chi connectivity index (χ3n) is 3.80. The number of hydrogen-bond acceptors (Lipinski definition) is 3. The average molecular weight is 307 g/mol. The number of carboxylic acid groups (broad SMARTS) is 1. The molecule has 4 heteroatoms. The van der Waals surface area contributed by atoms with E-state index in [1.165, 1.54) is 16.8 Å². The third-order valence-corrected chi connectivity index (χ3v) is 3.80. The summed E-state index contributed by atoms with van der Waals surface area (Å²) in [7, 11) is 1.57. The van der Waals surface area contributed by atoms with Crippen LogP contribution in [0, 0.1) is 0 Å². The lowest BCUT2D eigenvalue weighted by molar-refractivity contribution is 0.0697. The maximum Gasteiger partial charge on any atom is 0.335 e. The highest BCUT2D eigenvalue weighted by Gasteiger charge is 2.09. The molecule has 3 aromatic carbocycles. The van der Waals surface area contributed by atoms with E-state index in [1.807, 2.05) is 18.2 Å². The predicted octanol–water partition coefficient (Wildman–Crippen LogP) is 4.16. The van der Waals surface area contributed by atoms with Gasteiger partial charge < -0.3 is 15.2 Å². The van der Waals surface area contributed by atoms with E-state index in [2.05, 4.69) is 29.6 Å². The lowest BCUT2D eigenvalue weighted by Gasteiger charge is -2.13. The number of carbonyl (C=O) groups is 1. The van der Waals surface area contributed by atoms with E-state index in [9.17, 15) is 4.79 Å². The van der Waals surface area contributed by atoms with Crippen molar-refractivity contribution in [3.8, 4) is 5.75 Å². The molecule has 0 atom stereocenters. The second-order valence-electron chi connectivity index (χ2n) is 5.21. The van der Waals surface area contributed by atoms with Gasteiger partial charge in [-0.15, -0.1) is 0 Å².